The SMILES string of the molecule is Cc1nc(/C(N)=C(\Cn2ncc(CC(C)C)n2)N(C)N)ccc1OC1CCCCC1. The third-order valence-corrected chi connectivity index (χ3v) is 5.39. The van der Waals surface area contributed by atoms with Gasteiger partial charge >= 0.3 is 0 Å². The summed E-state index contributed by atoms with van der Waals surface area (Å²) in [5.74, 6) is 7.43. The second-order valence-electron chi connectivity index (χ2n) is 8.59. The Labute approximate surface area is 179 Å². The second-order valence-corrected chi connectivity index (χ2v) is 8.59. The van der Waals surface area contributed by atoms with Crippen molar-refractivity contribution in [2.45, 2.75) is 71.9 Å². The van der Waals surface area contributed by atoms with E-state index in [4.69, 9.17) is 16.3 Å². The van der Waals surface area contributed by atoms with E-state index in [0.29, 0.717) is 29.6 Å². The van der Waals surface area contributed by atoms with Crippen LogP contribution in [0.2, 0.25) is 0 Å². The molecule has 8 heteroatoms. The lowest BCUT2D eigenvalue weighted by Crippen LogP contribution is -2.31. The molecule has 2 aromatic rings. The average molecular weight is 414 g/mol. The molecule has 0 aromatic carbocycles. The predicted octanol–water partition coefficient (Wildman–Crippen LogP) is 3.02. The molecule has 1 saturated carbocycles. The maximum absolute atomic E-state index is 6.46. The van der Waals surface area contributed by atoms with E-state index in [0.717, 1.165) is 36.4 Å². The van der Waals surface area contributed by atoms with Gasteiger partial charge in [-0.25, -0.2) is 10.8 Å². The molecule has 0 atom stereocenters. The van der Waals surface area contributed by atoms with Gasteiger partial charge in [-0.2, -0.15) is 15.0 Å². The number of allylic oxidation sites excluding steroid dienone is 1. The summed E-state index contributed by atoms with van der Waals surface area (Å²) in [6.07, 6.45) is 8.96. The Morgan fingerprint density at radius 1 is 1.27 bits per heavy atom. The maximum atomic E-state index is 6.46. The topological polar surface area (TPSA) is 108 Å². The number of hydrogen-bond acceptors (Lipinski definition) is 7. The molecule has 0 bridgehead atoms. The van der Waals surface area contributed by atoms with Crippen molar-refractivity contribution in [1.82, 2.24) is 25.0 Å². The zero-order chi connectivity index (χ0) is 21.7. The average Bonchev–Trinajstić information content (AvgIpc) is 3.14. The first-order valence-electron chi connectivity index (χ1n) is 10.8. The third-order valence-electron chi connectivity index (χ3n) is 5.39. The van der Waals surface area contributed by atoms with Crippen LogP contribution >= 0.6 is 0 Å². The zero-order valence-corrected chi connectivity index (χ0v) is 18.6. The molecule has 164 valence electrons. The fourth-order valence-electron chi connectivity index (χ4n) is 3.78. The summed E-state index contributed by atoms with van der Waals surface area (Å²) < 4.78 is 6.18. The molecule has 2 aromatic heterocycles. The fourth-order valence-corrected chi connectivity index (χ4v) is 3.78. The Bertz CT molecular complexity index is 866. The van der Waals surface area contributed by atoms with Crippen molar-refractivity contribution in [3.05, 3.63) is 41.1 Å². The van der Waals surface area contributed by atoms with Gasteiger partial charge in [-0.3, -0.25) is 0 Å². The summed E-state index contributed by atoms with van der Waals surface area (Å²) in [7, 11) is 1.76. The Balaban J connectivity index is 1.78. The van der Waals surface area contributed by atoms with Gasteiger partial charge in [0.25, 0.3) is 0 Å². The van der Waals surface area contributed by atoms with Crippen LogP contribution in [0.15, 0.2) is 24.0 Å². The van der Waals surface area contributed by atoms with Crippen LogP contribution < -0.4 is 16.3 Å². The quantitative estimate of drug-likeness (QED) is 0.506. The molecule has 0 unspecified atom stereocenters. The molecule has 0 aliphatic heterocycles. The predicted molar refractivity (Wildman–Crippen MR) is 118 cm³/mol. The largest absolute Gasteiger partial charge is 0.489 e. The minimum absolute atomic E-state index is 0.287. The summed E-state index contributed by atoms with van der Waals surface area (Å²) in [6, 6.07) is 3.85. The highest BCUT2D eigenvalue weighted by atomic mass is 16.5. The zero-order valence-electron chi connectivity index (χ0n) is 18.6. The lowest BCUT2D eigenvalue weighted by Gasteiger charge is -2.24. The van der Waals surface area contributed by atoms with Gasteiger partial charge in [-0.15, -0.1) is 0 Å². The van der Waals surface area contributed by atoms with Crippen molar-refractivity contribution in [2.24, 2.45) is 17.5 Å². The molecule has 0 amide bonds. The van der Waals surface area contributed by atoms with Crippen molar-refractivity contribution in [2.75, 3.05) is 7.05 Å². The Hall–Kier alpha value is -2.61. The maximum Gasteiger partial charge on any atom is 0.140 e. The van der Waals surface area contributed by atoms with Crippen LogP contribution in [0.3, 0.4) is 0 Å². The van der Waals surface area contributed by atoms with Gasteiger partial charge in [0, 0.05) is 7.05 Å². The van der Waals surface area contributed by atoms with Crippen molar-refractivity contribution >= 4 is 5.70 Å². The lowest BCUT2D eigenvalue weighted by atomic mass is 9.98. The minimum Gasteiger partial charge on any atom is -0.489 e. The summed E-state index contributed by atoms with van der Waals surface area (Å²) in [6.45, 7) is 6.64. The number of aryl methyl sites for hydroxylation is 1. The van der Waals surface area contributed by atoms with Gasteiger partial charge in [0.05, 0.1) is 40.8 Å². The van der Waals surface area contributed by atoms with Crippen LogP contribution in [0.5, 0.6) is 5.75 Å². The molecule has 0 radical (unpaired) electrons. The summed E-state index contributed by atoms with van der Waals surface area (Å²) in [4.78, 5) is 6.31. The molecule has 3 rings (SSSR count). The highest BCUT2D eigenvalue weighted by Crippen LogP contribution is 2.26. The molecular formula is C22H35N7O. The number of pyridine rings is 1. The van der Waals surface area contributed by atoms with Crippen molar-refractivity contribution in [3.8, 4) is 5.75 Å². The van der Waals surface area contributed by atoms with E-state index >= 15 is 0 Å². The first-order chi connectivity index (χ1) is 14.3. The first kappa shape index (κ1) is 22.1. The smallest absolute Gasteiger partial charge is 0.140 e. The highest BCUT2D eigenvalue weighted by Gasteiger charge is 2.18. The number of nitrogens with two attached hydrogens (primary N) is 2. The second kappa shape index (κ2) is 9.93. The number of ether oxygens (including phenoxy) is 1. The molecule has 2 heterocycles. The van der Waals surface area contributed by atoms with Crippen molar-refractivity contribution in [3.63, 3.8) is 0 Å². The summed E-state index contributed by atoms with van der Waals surface area (Å²) >= 11 is 0. The first-order valence-corrected chi connectivity index (χ1v) is 10.8. The molecule has 1 fully saturated rings. The Kier molecular flexibility index (Phi) is 7.31. The molecule has 1 aliphatic carbocycles. The van der Waals surface area contributed by atoms with Crippen LogP contribution in [0.4, 0.5) is 0 Å². The molecule has 4 N–H and O–H groups in total. The van der Waals surface area contributed by atoms with E-state index in [1.165, 1.54) is 24.3 Å². The Morgan fingerprint density at radius 2 is 2.00 bits per heavy atom. The van der Waals surface area contributed by atoms with E-state index in [2.05, 4.69) is 29.0 Å². The molecule has 1 aliphatic rings. The number of hydrogen-bond donors (Lipinski definition) is 2. The van der Waals surface area contributed by atoms with Gasteiger partial charge in [0.15, 0.2) is 0 Å². The Morgan fingerprint density at radius 3 is 2.63 bits per heavy atom. The van der Waals surface area contributed by atoms with Gasteiger partial charge in [-0.05, 0) is 57.1 Å². The molecule has 30 heavy (non-hydrogen) atoms. The van der Waals surface area contributed by atoms with Crippen molar-refractivity contribution < 1.29 is 4.74 Å². The molecule has 8 nitrogen and oxygen atoms in total. The van der Waals surface area contributed by atoms with Crippen LogP contribution in [-0.2, 0) is 13.0 Å². The monoisotopic (exact) mass is 413 g/mol. The standard InChI is InChI=1S/C22H35N7O/c1-15(2)12-17-13-25-29(27-17)14-20(28(4)24)22(23)19-10-11-21(16(3)26-19)30-18-8-6-5-7-9-18/h10-11,13,15,18H,5-9,12,14,23-24H2,1-4H3/b22-20-. The normalized spacial score (nSPS) is 15.9. The van der Waals surface area contributed by atoms with E-state index in [-0.39, 0.29) is 6.10 Å². The molecule has 0 saturated heterocycles. The van der Waals surface area contributed by atoms with Gasteiger partial charge in [0.2, 0.25) is 0 Å². The molecule has 0 spiro atoms. The summed E-state index contributed by atoms with van der Waals surface area (Å²) in [5, 5.41) is 10.4. The van der Waals surface area contributed by atoms with Gasteiger partial charge in [-0.1, -0.05) is 20.3 Å². The van der Waals surface area contributed by atoms with Crippen LogP contribution in [0.1, 0.15) is 63.0 Å². The number of rotatable bonds is 8. The number of aromatic nitrogens is 4. The van der Waals surface area contributed by atoms with E-state index in [1.807, 2.05) is 19.1 Å². The van der Waals surface area contributed by atoms with E-state index in [9.17, 15) is 0 Å². The van der Waals surface area contributed by atoms with Gasteiger partial charge in [0.1, 0.15) is 12.3 Å². The van der Waals surface area contributed by atoms with Crippen LogP contribution in [-0.4, -0.2) is 38.1 Å². The van der Waals surface area contributed by atoms with Crippen molar-refractivity contribution in [1.29, 1.82) is 0 Å². The third kappa shape index (κ3) is 5.72. The van der Waals surface area contributed by atoms with Crippen LogP contribution in [0.25, 0.3) is 5.70 Å². The van der Waals surface area contributed by atoms with E-state index < -0.39 is 0 Å². The fraction of sp³-hybridized carbons (Fsp3) is 0.591. The van der Waals surface area contributed by atoms with E-state index in [1.54, 1.807) is 18.0 Å². The van der Waals surface area contributed by atoms with Crippen LogP contribution in [0, 0.1) is 12.8 Å². The number of hydrazine groups is 1. The summed E-state index contributed by atoms with van der Waals surface area (Å²) in [5.41, 5.74) is 10.1. The number of nitrogens with zero attached hydrogens (tertiary/aromatic N) is 5. The number of likely N-dealkylation sites (N-methyl/N-ethyl adjacent to an activating group) is 1. The highest BCUT2D eigenvalue weighted by molar-refractivity contribution is 5.63. The minimum atomic E-state index is 0.287. The molecular weight excluding hydrogens is 378 g/mol. The van der Waals surface area contributed by atoms with Gasteiger partial charge < -0.3 is 15.5 Å². The lowest BCUT2D eigenvalue weighted by molar-refractivity contribution is 0.153.